The van der Waals surface area contributed by atoms with E-state index in [0.29, 0.717) is 12.2 Å². The van der Waals surface area contributed by atoms with Gasteiger partial charge in [0.05, 0.1) is 0 Å². The largest absolute Gasteiger partial charge is 0.299 e. The lowest BCUT2D eigenvalue weighted by Gasteiger charge is -2.35. The summed E-state index contributed by atoms with van der Waals surface area (Å²) in [6.45, 7) is 4.27. The van der Waals surface area contributed by atoms with Gasteiger partial charge in [-0.3, -0.25) is 9.59 Å². The van der Waals surface area contributed by atoms with Crippen LogP contribution in [0.2, 0.25) is 0 Å². The predicted octanol–water partition coefficient (Wildman–Crippen LogP) is 2.92. The summed E-state index contributed by atoms with van der Waals surface area (Å²) in [4.78, 5) is 23.8. The second-order valence-electron chi connectivity index (χ2n) is 5.85. The molecule has 2 heteroatoms. The van der Waals surface area contributed by atoms with E-state index in [0.717, 1.165) is 25.7 Å². The topological polar surface area (TPSA) is 34.1 Å². The second kappa shape index (κ2) is 4.15. The van der Waals surface area contributed by atoms with Crippen LogP contribution in [-0.4, -0.2) is 11.6 Å². The molecule has 2 nitrogen and oxygen atoms in total. The van der Waals surface area contributed by atoms with Gasteiger partial charge < -0.3 is 0 Å². The van der Waals surface area contributed by atoms with Crippen molar-refractivity contribution < 1.29 is 9.59 Å². The molecule has 88 valence electrons. The van der Waals surface area contributed by atoms with Gasteiger partial charge in [0.25, 0.3) is 0 Å². The van der Waals surface area contributed by atoms with Crippen LogP contribution in [0, 0.1) is 17.3 Å². The van der Waals surface area contributed by atoms with E-state index in [9.17, 15) is 9.59 Å². The van der Waals surface area contributed by atoms with Crippen LogP contribution in [0.4, 0.5) is 0 Å². The Morgan fingerprint density at radius 2 is 1.94 bits per heavy atom. The van der Waals surface area contributed by atoms with Crippen molar-refractivity contribution in [3.63, 3.8) is 0 Å². The molecule has 1 fully saturated rings. The van der Waals surface area contributed by atoms with Crippen LogP contribution in [0.1, 0.15) is 46.0 Å². The van der Waals surface area contributed by atoms with Gasteiger partial charge in [-0.05, 0) is 30.8 Å². The number of hydrogen-bond donors (Lipinski definition) is 0. The number of ketones is 2. The average molecular weight is 220 g/mol. The molecule has 0 spiro atoms. The Labute approximate surface area is 97.1 Å². The lowest BCUT2D eigenvalue weighted by Crippen LogP contribution is -2.36. The molecular weight excluding hydrogens is 200 g/mol. The van der Waals surface area contributed by atoms with E-state index in [2.05, 4.69) is 13.8 Å². The molecule has 0 aromatic carbocycles. The molecule has 2 aliphatic carbocycles. The van der Waals surface area contributed by atoms with Crippen molar-refractivity contribution in [2.45, 2.75) is 46.0 Å². The Morgan fingerprint density at radius 1 is 1.19 bits per heavy atom. The van der Waals surface area contributed by atoms with Crippen LogP contribution in [0.25, 0.3) is 0 Å². The van der Waals surface area contributed by atoms with Gasteiger partial charge in [0, 0.05) is 18.3 Å². The van der Waals surface area contributed by atoms with Crippen LogP contribution in [0.5, 0.6) is 0 Å². The van der Waals surface area contributed by atoms with E-state index in [1.54, 1.807) is 6.08 Å². The third-order valence-corrected chi connectivity index (χ3v) is 3.90. The molecule has 2 aliphatic rings. The quantitative estimate of drug-likeness (QED) is 0.681. The maximum atomic E-state index is 11.9. The second-order valence-corrected chi connectivity index (χ2v) is 5.85. The van der Waals surface area contributed by atoms with Gasteiger partial charge in [0.1, 0.15) is 5.78 Å². The first-order valence-electron chi connectivity index (χ1n) is 6.25. The van der Waals surface area contributed by atoms with Crippen LogP contribution < -0.4 is 0 Å². The highest BCUT2D eigenvalue weighted by Gasteiger charge is 2.38. The summed E-state index contributed by atoms with van der Waals surface area (Å²) < 4.78 is 0. The van der Waals surface area contributed by atoms with Gasteiger partial charge in [0.15, 0.2) is 5.78 Å². The first-order chi connectivity index (χ1) is 7.49. The standard InChI is InChI=1S/C14H20O2/c1-14(2)8-7-13(16)11(9-14)10-5-3-4-6-12(10)15/h7-8,10-11H,3-6,9H2,1-2H3/t10-,11-/m0/s1. The first kappa shape index (κ1) is 11.6. The maximum Gasteiger partial charge on any atom is 0.159 e. The van der Waals surface area contributed by atoms with Gasteiger partial charge >= 0.3 is 0 Å². The van der Waals surface area contributed by atoms with Gasteiger partial charge in [0.2, 0.25) is 0 Å². The zero-order chi connectivity index (χ0) is 11.8. The third-order valence-electron chi connectivity index (χ3n) is 3.90. The minimum atomic E-state index is -0.0483. The smallest absolute Gasteiger partial charge is 0.159 e. The van der Waals surface area contributed by atoms with E-state index in [1.165, 1.54) is 0 Å². The minimum Gasteiger partial charge on any atom is -0.299 e. The lowest BCUT2D eigenvalue weighted by atomic mass is 9.67. The van der Waals surface area contributed by atoms with E-state index >= 15 is 0 Å². The zero-order valence-electron chi connectivity index (χ0n) is 10.2. The number of Topliss-reactive ketones (excluding diaryl/α,β-unsaturated/α-hetero) is 1. The summed E-state index contributed by atoms with van der Waals surface area (Å²) in [6, 6.07) is 0. The van der Waals surface area contributed by atoms with E-state index in [1.807, 2.05) is 6.08 Å². The molecule has 2 atom stereocenters. The van der Waals surface area contributed by atoms with E-state index < -0.39 is 0 Å². The molecule has 0 radical (unpaired) electrons. The van der Waals surface area contributed by atoms with Gasteiger partial charge in [-0.25, -0.2) is 0 Å². The molecule has 0 saturated heterocycles. The summed E-state index contributed by atoms with van der Waals surface area (Å²) in [6.07, 6.45) is 8.21. The number of carbonyl (C=O) groups excluding carboxylic acids is 2. The van der Waals surface area contributed by atoms with Crippen molar-refractivity contribution in [3.05, 3.63) is 12.2 Å². The number of allylic oxidation sites excluding steroid dienone is 2. The molecule has 16 heavy (non-hydrogen) atoms. The summed E-state index contributed by atoms with van der Waals surface area (Å²) in [5.41, 5.74) is 0.0658. The van der Waals surface area contributed by atoms with Gasteiger partial charge in [-0.2, -0.15) is 0 Å². The molecule has 0 heterocycles. The Bertz CT molecular complexity index is 339. The zero-order valence-corrected chi connectivity index (χ0v) is 10.2. The van der Waals surface area contributed by atoms with E-state index in [-0.39, 0.29) is 23.0 Å². The van der Waals surface area contributed by atoms with Crippen LogP contribution in [0.15, 0.2) is 12.2 Å². The Morgan fingerprint density at radius 3 is 2.62 bits per heavy atom. The van der Waals surface area contributed by atoms with Crippen molar-refractivity contribution in [2.24, 2.45) is 17.3 Å². The molecule has 2 rings (SSSR count). The van der Waals surface area contributed by atoms with Crippen molar-refractivity contribution in [1.82, 2.24) is 0 Å². The maximum absolute atomic E-state index is 11.9. The molecule has 0 aliphatic heterocycles. The predicted molar refractivity (Wildman–Crippen MR) is 63.0 cm³/mol. The number of hydrogen-bond acceptors (Lipinski definition) is 2. The molecule has 0 unspecified atom stereocenters. The molecule has 0 aromatic heterocycles. The van der Waals surface area contributed by atoms with Crippen LogP contribution in [0.3, 0.4) is 0 Å². The summed E-state index contributed by atoms with van der Waals surface area (Å²) in [5.74, 6) is 0.438. The summed E-state index contributed by atoms with van der Waals surface area (Å²) in [5, 5.41) is 0. The van der Waals surface area contributed by atoms with Crippen molar-refractivity contribution in [3.8, 4) is 0 Å². The van der Waals surface area contributed by atoms with Crippen molar-refractivity contribution in [1.29, 1.82) is 0 Å². The van der Waals surface area contributed by atoms with Crippen molar-refractivity contribution >= 4 is 11.6 Å². The molecule has 0 aromatic rings. The minimum absolute atomic E-state index is 0.00507. The highest BCUT2D eigenvalue weighted by atomic mass is 16.1. The molecule has 1 saturated carbocycles. The molecule has 0 bridgehead atoms. The fourth-order valence-electron chi connectivity index (χ4n) is 2.94. The average Bonchev–Trinajstić information content (AvgIpc) is 2.23. The number of rotatable bonds is 1. The Hall–Kier alpha value is -0.920. The normalized spacial score (nSPS) is 34.1. The van der Waals surface area contributed by atoms with Crippen LogP contribution in [-0.2, 0) is 9.59 Å². The Balaban J connectivity index is 2.17. The molecular formula is C14H20O2. The fourth-order valence-corrected chi connectivity index (χ4v) is 2.94. The number of carbonyl (C=O) groups is 2. The molecule has 0 N–H and O–H groups in total. The third kappa shape index (κ3) is 2.26. The van der Waals surface area contributed by atoms with Gasteiger partial charge in [-0.15, -0.1) is 0 Å². The highest BCUT2D eigenvalue weighted by Crippen LogP contribution is 2.39. The van der Waals surface area contributed by atoms with Crippen molar-refractivity contribution in [2.75, 3.05) is 0 Å². The Kier molecular flexibility index (Phi) is 3.00. The highest BCUT2D eigenvalue weighted by molar-refractivity contribution is 5.97. The summed E-state index contributed by atoms with van der Waals surface area (Å²) in [7, 11) is 0. The van der Waals surface area contributed by atoms with E-state index in [4.69, 9.17) is 0 Å². The monoisotopic (exact) mass is 220 g/mol. The van der Waals surface area contributed by atoms with Gasteiger partial charge in [-0.1, -0.05) is 26.3 Å². The lowest BCUT2D eigenvalue weighted by molar-refractivity contribution is -0.133. The van der Waals surface area contributed by atoms with Crippen LogP contribution >= 0.6 is 0 Å². The SMILES string of the molecule is CC1(C)C=CC(=O)[C@H]([C@@H]2CCCCC2=O)C1. The summed E-state index contributed by atoms with van der Waals surface area (Å²) >= 11 is 0. The molecule has 0 amide bonds. The first-order valence-corrected chi connectivity index (χ1v) is 6.25. The fraction of sp³-hybridized carbons (Fsp3) is 0.714.